The zero-order chi connectivity index (χ0) is 11.4. The largest absolute Gasteiger partial charge is 0.298 e. The lowest BCUT2D eigenvalue weighted by Gasteiger charge is -2.25. The van der Waals surface area contributed by atoms with Gasteiger partial charge in [0.2, 0.25) is 0 Å². The van der Waals surface area contributed by atoms with E-state index in [-0.39, 0.29) is 5.92 Å². The predicted octanol–water partition coefficient (Wildman–Crippen LogP) is 4.09. The number of carbonyl (C=O) groups excluding carboxylic acids is 1. The summed E-state index contributed by atoms with van der Waals surface area (Å²) in [6.45, 7) is 0. The standard InChI is InChI=1S/C14H17FO/c15-14(12-4-2-1-3-5-12)13-8-6-11(10-16)7-9-13/h6-10,12,14H,1-5H2. The Morgan fingerprint density at radius 3 is 2.31 bits per heavy atom. The van der Waals surface area contributed by atoms with Gasteiger partial charge in [-0.1, -0.05) is 43.5 Å². The predicted molar refractivity (Wildman–Crippen MR) is 62.3 cm³/mol. The van der Waals surface area contributed by atoms with E-state index in [9.17, 15) is 9.18 Å². The maximum Gasteiger partial charge on any atom is 0.150 e. The summed E-state index contributed by atoms with van der Waals surface area (Å²) < 4.78 is 14.2. The molecule has 1 aromatic rings. The highest BCUT2D eigenvalue weighted by Gasteiger charge is 2.24. The Morgan fingerprint density at radius 1 is 1.12 bits per heavy atom. The summed E-state index contributed by atoms with van der Waals surface area (Å²) >= 11 is 0. The van der Waals surface area contributed by atoms with Crippen LogP contribution in [0.2, 0.25) is 0 Å². The molecular weight excluding hydrogens is 203 g/mol. The second kappa shape index (κ2) is 5.24. The van der Waals surface area contributed by atoms with Crippen LogP contribution in [0.5, 0.6) is 0 Å². The number of hydrogen-bond donors (Lipinski definition) is 0. The maximum atomic E-state index is 14.2. The minimum atomic E-state index is -0.860. The molecule has 1 aliphatic carbocycles. The summed E-state index contributed by atoms with van der Waals surface area (Å²) in [5.41, 5.74) is 1.33. The minimum Gasteiger partial charge on any atom is -0.298 e. The van der Waals surface area contributed by atoms with Crippen LogP contribution in [-0.2, 0) is 0 Å². The second-order valence-corrected chi connectivity index (χ2v) is 4.58. The lowest BCUT2D eigenvalue weighted by Crippen LogP contribution is -2.12. The molecule has 1 aliphatic rings. The number of benzene rings is 1. The van der Waals surface area contributed by atoms with Crippen LogP contribution in [0, 0.1) is 5.92 Å². The third kappa shape index (κ3) is 2.49. The molecule has 2 rings (SSSR count). The van der Waals surface area contributed by atoms with E-state index in [1.165, 1.54) is 6.42 Å². The zero-order valence-corrected chi connectivity index (χ0v) is 9.36. The highest BCUT2D eigenvalue weighted by atomic mass is 19.1. The molecule has 86 valence electrons. The molecule has 1 aromatic carbocycles. The molecule has 1 fully saturated rings. The monoisotopic (exact) mass is 220 g/mol. The first-order valence-electron chi connectivity index (χ1n) is 6.00. The third-order valence-electron chi connectivity index (χ3n) is 3.45. The molecule has 1 atom stereocenters. The molecular formula is C14H17FO. The number of hydrogen-bond acceptors (Lipinski definition) is 1. The van der Waals surface area contributed by atoms with Crippen LogP contribution in [0.25, 0.3) is 0 Å². The van der Waals surface area contributed by atoms with Gasteiger partial charge in [0.05, 0.1) is 0 Å². The normalized spacial score (nSPS) is 19.3. The van der Waals surface area contributed by atoms with E-state index in [1.807, 2.05) is 0 Å². The van der Waals surface area contributed by atoms with E-state index < -0.39 is 6.17 Å². The molecule has 0 aromatic heterocycles. The Bertz CT molecular complexity index is 338. The van der Waals surface area contributed by atoms with Gasteiger partial charge < -0.3 is 0 Å². The summed E-state index contributed by atoms with van der Waals surface area (Å²) in [6.07, 6.45) is 5.47. The lowest BCUT2D eigenvalue weighted by atomic mass is 9.83. The van der Waals surface area contributed by atoms with E-state index in [0.29, 0.717) is 5.56 Å². The highest BCUT2D eigenvalue weighted by Crippen LogP contribution is 2.36. The van der Waals surface area contributed by atoms with Crippen molar-refractivity contribution in [1.29, 1.82) is 0 Å². The van der Waals surface area contributed by atoms with Crippen molar-refractivity contribution in [2.75, 3.05) is 0 Å². The van der Waals surface area contributed by atoms with Crippen LogP contribution in [-0.4, -0.2) is 6.29 Å². The molecule has 0 saturated heterocycles. The molecule has 0 heterocycles. The number of carbonyl (C=O) groups is 1. The van der Waals surface area contributed by atoms with Gasteiger partial charge in [0.25, 0.3) is 0 Å². The topological polar surface area (TPSA) is 17.1 Å². The van der Waals surface area contributed by atoms with Crippen molar-refractivity contribution in [1.82, 2.24) is 0 Å². The van der Waals surface area contributed by atoms with Gasteiger partial charge >= 0.3 is 0 Å². The van der Waals surface area contributed by atoms with Crippen molar-refractivity contribution >= 4 is 6.29 Å². The molecule has 1 saturated carbocycles. The van der Waals surface area contributed by atoms with Gasteiger partial charge in [-0.2, -0.15) is 0 Å². The first-order valence-corrected chi connectivity index (χ1v) is 6.00. The van der Waals surface area contributed by atoms with Crippen molar-refractivity contribution in [3.05, 3.63) is 35.4 Å². The van der Waals surface area contributed by atoms with Crippen molar-refractivity contribution < 1.29 is 9.18 Å². The SMILES string of the molecule is O=Cc1ccc(C(F)C2CCCCC2)cc1. The molecule has 1 unspecified atom stereocenters. The number of rotatable bonds is 3. The average molecular weight is 220 g/mol. The third-order valence-corrected chi connectivity index (χ3v) is 3.45. The quantitative estimate of drug-likeness (QED) is 0.701. The fourth-order valence-electron chi connectivity index (χ4n) is 2.46. The highest BCUT2D eigenvalue weighted by molar-refractivity contribution is 5.74. The van der Waals surface area contributed by atoms with Crippen LogP contribution < -0.4 is 0 Å². The molecule has 0 spiro atoms. The Hall–Kier alpha value is -1.18. The first-order chi connectivity index (χ1) is 7.81. The van der Waals surface area contributed by atoms with Crippen molar-refractivity contribution in [2.24, 2.45) is 5.92 Å². The zero-order valence-electron chi connectivity index (χ0n) is 9.36. The Balaban J connectivity index is 2.06. The van der Waals surface area contributed by atoms with Gasteiger partial charge in [0.15, 0.2) is 0 Å². The maximum absolute atomic E-state index is 14.2. The van der Waals surface area contributed by atoms with Crippen LogP contribution in [0.4, 0.5) is 4.39 Å². The van der Waals surface area contributed by atoms with Gasteiger partial charge in [-0.05, 0) is 24.3 Å². The lowest BCUT2D eigenvalue weighted by molar-refractivity contribution is 0.112. The molecule has 0 amide bonds. The Morgan fingerprint density at radius 2 is 1.75 bits per heavy atom. The minimum absolute atomic E-state index is 0.177. The fraction of sp³-hybridized carbons (Fsp3) is 0.500. The van der Waals surface area contributed by atoms with Gasteiger partial charge in [-0.25, -0.2) is 4.39 Å². The number of alkyl halides is 1. The van der Waals surface area contributed by atoms with E-state index in [1.54, 1.807) is 24.3 Å². The van der Waals surface area contributed by atoms with Gasteiger partial charge in [-0.3, -0.25) is 4.79 Å². The molecule has 0 bridgehead atoms. The summed E-state index contributed by atoms with van der Waals surface area (Å²) in [5.74, 6) is 0.177. The molecule has 0 radical (unpaired) electrons. The number of aldehydes is 1. The van der Waals surface area contributed by atoms with Crippen LogP contribution in [0.3, 0.4) is 0 Å². The average Bonchev–Trinajstić information content (AvgIpc) is 2.39. The van der Waals surface area contributed by atoms with Gasteiger partial charge in [0, 0.05) is 5.56 Å². The summed E-state index contributed by atoms with van der Waals surface area (Å²) in [5, 5.41) is 0. The molecule has 1 nitrogen and oxygen atoms in total. The first kappa shape index (κ1) is 11.3. The summed E-state index contributed by atoms with van der Waals surface area (Å²) in [4.78, 5) is 10.5. The molecule has 0 aliphatic heterocycles. The van der Waals surface area contributed by atoms with E-state index in [2.05, 4.69) is 0 Å². The second-order valence-electron chi connectivity index (χ2n) is 4.58. The van der Waals surface area contributed by atoms with Crippen molar-refractivity contribution in [3.8, 4) is 0 Å². The van der Waals surface area contributed by atoms with E-state index in [4.69, 9.17) is 0 Å². The number of halogens is 1. The van der Waals surface area contributed by atoms with Gasteiger partial charge in [0.1, 0.15) is 12.5 Å². The van der Waals surface area contributed by atoms with Crippen molar-refractivity contribution in [3.63, 3.8) is 0 Å². The van der Waals surface area contributed by atoms with Gasteiger partial charge in [-0.15, -0.1) is 0 Å². The summed E-state index contributed by atoms with van der Waals surface area (Å²) in [6, 6.07) is 6.86. The Kier molecular flexibility index (Phi) is 3.70. The van der Waals surface area contributed by atoms with Crippen LogP contribution >= 0.6 is 0 Å². The van der Waals surface area contributed by atoms with Crippen molar-refractivity contribution in [2.45, 2.75) is 38.3 Å². The summed E-state index contributed by atoms with van der Waals surface area (Å²) in [7, 11) is 0. The Labute approximate surface area is 95.7 Å². The molecule has 2 heteroatoms. The smallest absolute Gasteiger partial charge is 0.150 e. The van der Waals surface area contributed by atoms with Crippen LogP contribution in [0.15, 0.2) is 24.3 Å². The fourth-order valence-corrected chi connectivity index (χ4v) is 2.46. The molecule has 16 heavy (non-hydrogen) atoms. The van der Waals surface area contributed by atoms with Crippen LogP contribution in [0.1, 0.15) is 54.2 Å². The van der Waals surface area contributed by atoms with E-state index in [0.717, 1.165) is 37.5 Å². The van der Waals surface area contributed by atoms with E-state index >= 15 is 0 Å². The molecule has 0 N–H and O–H groups in total.